The number of aryl methyl sites for hydroxylation is 1. The Hall–Kier alpha value is -2.13. The van der Waals surface area contributed by atoms with E-state index in [0.29, 0.717) is 5.56 Å². The van der Waals surface area contributed by atoms with Gasteiger partial charge in [-0.15, -0.1) is 11.6 Å². The van der Waals surface area contributed by atoms with Crippen LogP contribution in [0.5, 0.6) is 0 Å². The molecular formula is C17H14ClFN2. The van der Waals surface area contributed by atoms with Gasteiger partial charge in [-0.05, 0) is 25.1 Å². The summed E-state index contributed by atoms with van der Waals surface area (Å²) in [5, 5.41) is 3.74. The first-order valence-corrected chi connectivity index (χ1v) is 7.09. The molecule has 106 valence electrons. The van der Waals surface area contributed by atoms with Gasteiger partial charge in [-0.25, -0.2) is 9.07 Å². The fraction of sp³-hybridized carbons (Fsp3) is 0.118. The fourth-order valence-corrected chi connectivity index (χ4v) is 2.51. The first-order chi connectivity index (χ1) is 10.1. The van der Waals surface area contributed by atoms with Crippen molar-refractivity contribution < 1.29 is 4.39 Å². The first kappa shape index (κ1) is 13.8. The Bertz CT molecular complexity index is 752. The average Bonchev–Trinajstić information content (AvgIpc) is 3.00. The van der Waals surface area contributed by atoms with Gasteiger partial charge in [-0.2, -0.15) is 5.10 Å². The van der Waals surface area contributed by atoms with Crippen molar-refractivity contribution in [2.45, 2.75) is 12.3 Å². The second-order valence-corrected chi connectivity index (χ2v) is 5.38. The number of alkyl halides is 1. The Morgan fingerprint density at radius 3 is 2.67 bits per heavy atom. The van der Waals surface area contributed by atoms with Gasteiger partial charge in [0.25, 0.3) is 0 Å². The third-order valence-corrected chi connectivity index (χ3v) is 3.83. The van der Waals surface area contributed by atoms with E-state index < -0.39 is 5.38 Å². The third-order valence-electron chi connectivity index (χ3n) is 3.34. The summed E-state index contributed by atoms with van der Waals surface area (Å²) in [6.07, 6.45) is 3.50. The minimum Gasteiger partial charge on any atom is -0.241 e. The summed E-state index contributed by atoms with van der Waals surface area (Å²) in [5.41, 5.74) is 3.17. The van der Waals surface area contributed by atoms with Crippen molar-refractivity contribution in [3.63, 3.8) is 0 Å². The van der Waals surface area contributed by atoms with Crippen LogP contribution >= 0.6 is 11.6 Å². The van der Waals surface area contributed by atoms with Crippen LogP contribution in [0.25, 0.3) is 5.69 Å². The summed E-state index contributed by atoms with van der Waals surface area (Å²) in [6.45, 7) is 1.92. The van der Waals surface area contributed by atoms with Gasteiger partial charge >= 0.3 is 0 Å². The van der Waals surface area contributed by atoms with E-state index in [1.54, 1.807) is 23.0 Å². The lowest BCUT2D eigenvalue weighted by Crippen LogP contribution is -1.97. The van der Waals surface area contributed by atoms with Crippen LogP contribution in [0.1, 0.15) is 22.1 Å². The largest absolute Gasteiger partial charge is 0.241 e. The van der Waals surface area contributed by atoms with Gasteiger partial charge in [0.2, 0.25) is 0 Å². The Balaban J connectivity index is 1.94. The molecule has 0 fully saturated rings. The molecule has 1 heterocycles. The van der Waals surface area contributed by atoms with Crippen LogP contribution in [0.3, 0.4) is 0 Å². The van der Waals surface area contributed by atoms with Crippen molar-refractivity contribution in [1.29, 1.82) is 0 Å². The van der Waals surface area contributed by atoms with E-state index in [9.17, 15) is 4.39 Å². The molecule has 0 aliphatic heterocycles. The lowest BCUT2D eigenvalue weighted by atomic mass is 10.0. The predicted octanol–water partition coefficient (Wildman–Crippen LogP) is 4.65. The van der Waals surface area contributed by atoms with Crippen LogP contribution in [-0.2, 0) is 0 Å². The zero-order chi connectivity index (χ0) is 14.8. The number of nitrogens with zero attached hydrogens (tertiary/aromatic N) is 2. The minimum absolute atomic E-state index is 0.298. The van der Waals surface area contributed by atoms with Crippen LogP contribution in [0.4, 0.5) is 4.39 Å². The summed E-state index contributed by atoms with van der Waals surface area (Å²) >= 11 is 6.42. The molecule has 4 heteroatoms. The summed E-state index contributed by atoms with van der Waals surface area (Å²) in [5.74, 6) is -0.298. The molecule has 1 aromatic heterocycles. The van der Waals surface area contributed by atoms with E-state index in [-0.39, 0.29) is 5.82 Å². The summed E-state index contributed by atoms with van der Waals surface area (Å²) in [7, 11) is 0. The number of halogens is 2. The molecule has 3 rings (SSSR count). The number of aromatic nitrogens is 2. The second kappa shape index (κ2) is 5.70. The SMILES string of the molecule is Cc1ccc(F)c(C(Cl)c2cnn(-c3ccccc3)c2)c1. The molecular weight excluding hydrogens is 287 g/mol. The highest BCUT2D eigenvalue weighted by atomic mass is 35.5. The maximum atomic E-state index is 13.9. The molecule has 0 saturated heterocycles. The highest BCUT2D eigenvalue weighted by Gasteiger charge is 2.17. The van der Waals surface area contributed by atoms with Crippen molar-refractivity contribution in [2.75, 3.05) is 0 Å². The molecule has 0 aliphatic carbocycles. The number of para-hydroxylation sites is 1. The van der Waals surface area contributed by atoms with Gasteiger partial charge in [0, 0.05) is 17.3 Å². The Morgan fingerprint density at radius 1 is 1.14 bits per heavy atom. The van der Waals surface area contributed by atoms with E-state index in [1.807, 2.05) is 43.5 Å². The molecule has 1 atom stereocenters. The Morgan fingerprint density at radius 2 is 1.90 bits per heavy atom. The molecule has 0 N–H and O–H groups in total. The summed E-state index contributed by atoms with van der Waals surface area (Å²) < 4.78 is 15.7. The molecule has 2 nitrogen and oxygen atoms in total. The summed E-state index contributed by atoms with van der Waals surface area (Å²) in [6, 6.07) is 14.7. The van der Waals surface area contributed by atoms with Crippen LogP contribution in [0.2, 0.25) is 0 Å². The highest BCUT2D eigenvalue weighted by molar-refractivity contribution is 6.22. The lowest BCUT2D eigenvalue weighted by Gasteiger charge is -2.09. The molecule has 0 aliphatic rings. The van der Waals surface area contributed by atoms with E-state index >= 15 is 0 Å². The molecule has 0 bridgehead atoms. The molecule has 0 spiro atoms. The quantitative estimate of drug-likeness (QED) is 0.644. The van der Waals surface area contributed by atoms with Gasteiger partial charge < -0.3 is 0 Å². The van der Waals surface area contributed by atoms with Crippen LogP contribution in [0.15, 0.2) is 60.9 Å². The van der Waals surface area contributed by atoms with Gasteiger partial charge in [0.15, 0.2) is 0 Å². The van der Waals surface area contributed by atoms with Crippen LogP contribution < -0.4 is 0 Å². The standard InChI is InChI=1S/C17H14ClFN2/c1-12-7-8-16(19)15(9-12)17(18)13-10-20-21(11-13)14-5-3-2-4-6-14/h2-11,17H,1H3. The predicted molar refractivity (Wildman–Crippen MR) is 82.4 cm³/mol. The number of rotatable bonds is 3. The van der Waals surface area contributed by atoms with Crippen molar-refractivity contribution in [2.24, 2.45) is 0 Å². The molecule has 21 heavy (non-hydrogen) atoms. The zero-order valence-corrected chi connectivity index (χ0v) is 12.3. The molecule has 1 unspecified atom stereocenters. The molecule has 0 amide bonds. The van der Waals surface area contributed by atoms with E-state index in [1.165, 1.54) is 6.07 Å². The number of benzene rings is 2. The fourth-order valence-electron chi connectivity index (χ4n) is 2.23. The smallest absolute Gasteiger partial charge is 0.128 e. The first-order valence-electron chi connectivity index (χ1n) is 6.65. The number of hydrogen-bond acceptors (Lipinski definition) is 1. The molecule has 3 aromatic rings. The zero-order valence-electron chi connectivity index (χ0n) is 11.5. The van der Waals surface area contributed by atoms with E-state index in [0.717, 1.165) is 16.8 Å². The lowest BCUT2D eigenvalue weighted by molar-refractivity contribution is 0.612. The topological polar surface area (TPSA) is 17.8 Å². The van der Waals surface area contributed by atoms with Crippen molar-refractivity contribution >= 4 is 11.6 Å². The minimum atomic E-state index is -0.553. The molecule has 0 radical (unpaired) electrons. The van der Waals surface area contributed by atoms with Crippen molar-refractivity contribution in [3.8, 4) is 5.69 Å². The van der Waals surface area contributed by atoms with Crippen LogP contribution in [0, 0.1) is 12.7 Å². The molecule has 2 aromatic carbocycles. The normalized spacial score (nSPS) is 12.3. The van der Waals surface area contributed by atoms with Gasteiger partial charge in [-0.3, -0.25) is 0 Å². The second-order valence-electron chi connectivity index (χ2n) is 4.94. The Labute approximate surface area is 127 Å². The Kier molecular flexibility index (Phi) is 3.76. The maximum Gasteiger partial charge on any atom is 0.128 e. The van der Waals surface area contributed by atoms with Gasteiger partial charge in [0.05, 0.1) is 17.3 Å². The van der Waals surface area contributed by atoms with Crippen molar-refractivity contribution in [3.05, 3.63) is 83.4 Å². The highest BCUT2D eigenvalue weighted by Crippen LogP contribution is 2.31. The van der Waals surface area contributed by atoms with Gasteiger partial charge in [-0.1, -0.05) is 35.9 Å². The van der Waals surface area contributed by atoms with Crippen molar-refractivity contribution in [1.82, 2.24) is 9.78 Å². The third kappa shape index (κ3) is 2.83. The molecule has 0 saturated carbocycles. The summed E-state index contributed by atoms with van der Waals surface area (Å²) in [4.78, 5) is 0. The average molecular weight is 301 g/mol. The van der Waals surface area contributed by atoms with E-state index in [2.05, 4.69) is 5.10 Å². The van der Waals surface area contributed by atoms with E-state index in [4.69, 9.17) is 11.6 Å². The van der Waals surface area contributed by atoms with Crippen LogP contribution in [-0.4, -0.2) is 9.78 Å². The van der Waals surface area contributed by atoms with Gasteiger partial charge in [0.1, 0.15) is 5.82 Å². The monoisotopic (exact) mass is 300 g/mol. The maximum absolute atomic E-state index is 13.9. The number of hydrogen-bond donors (Lipinski definition) is 0.